The zero-order valence-corrected chi connectivity index (χ0v) is 17.7. The van der Waals surface area contributed by atoms with Gasteiger partial charge in [-0.15, -0.1) is 0 Å². The summed E-state index contributed by atoms with van der Waals surface area (Å²) in [7, 11) is 0. The van der Waals surface area contributed by atoms with Crippen LogP contribution in [0.1, 0.15) is 59.3 Å². The Labute approximate surface area is 175 Å². The number of aliphatic hydroxyl groups is 1. The largest absolute Gasteiger partial charge is 0.458 e. The molecule has 0 saturated heterocycles. The Morgan fingerprint density at radius 2 is 1.97 bits per heavy atom. The first-order valence-electron chi connectivity index (χ1n) is 10.7. The lowest BCUT2D eigenvalue weighted by Gasteiger charge is -2.58. The van der Waals surface area contributed by atoms with Crippen LogP contribution >= 0.6 is 0 Å². The fourth-order valence-electron chi connectivity index (χ4n) is 7.14. The number of carbonyl (C=O) groups is 4. The van der Waals surface area contributed by atoms with Crippen LogP contribution in [0.25, 0.3) is 0 Å². The number of Topliss-reactive ketones (excluding diaryl/α,β-unsaturated/α-hetero) is 2. The summed E-state index contributed by atoms with van der Waals surface area (Å²) in [5.41, 5.74) is -3.06. The van der Waals surface area contributed by atoms with Gasteiger partial charge < -0.3 is 9.84 Å². The minimum absolute atomic E-state index is 0.0227. The summed E-state index contributed by atoms with van der Waals surface area (Å²) in [6, 6.07) is 0. The van der Waals surface area contributed by atoms with Gasteiger partial charge in [0.1, 0.15) is 17.6 Å². The van der Waals surface area contributed by atoms with E-state index in [9.17, 15) is 24.3 Å². The standard InChI is InChI=1S/C23H29FO6/c1-12(25)30-11-19(28)23(29)7-5-15-14-9-17(24)16-8-13(26)4-6-21(16,2)20(14)18(27)10-22(15,23)3/h8,14-15,17,20,29H,4-7,9-11H2,1-3H3/t14?,15?,17-,20?,21?,22?,23-/m0/s1. The van der Waals surface area contributed by atoms with Gasteiger partial charge in [-0.3, -0.25) is 19.2 Å². The van der Waals surface area contributed by atoms with Crippen molar-refractivity contribution in [1.29, 1.82) is 0 Å². The molecule has 0 radical (unpaired) electrons. The van der Waals surface area contributed by atoms with Crippen LogP contribution in [-0.4, -0.2) is 46.8 Å². The topological polar surface area (TPSA) is 97.7 Å². The van der Waals surface area contributed by atoms with E-state index in [1.54, 1.807) is 6.92 Å². The van der Waals surface area contributed by atoms with Crippen molar-refractivity contribution in [2.75, 3.05) is 6.61 Å². The number of fused-ring (bicyclic) bond motifs is 5. The maximum absolute atomic E-state index is 15.3. The summed E-state index contributed by atoms with van der Waals surface area (Å²) in [6.07, 6.45) is 1.67. The van der Waals surface area contributed by atoms with Crippen LogP contribution in [0.4, 0.5) is 4.39 Å². The van der Waals surface area contributed by atoms with Crippen LogP contribution < -0.4 is 0 Å². The van der Waals surface area contributed by atoms with Crippen molar-refractivity contribution < 1.29 is 33.4 Å². The van der Waals surface area contributed by atoms with Crippen molar-refractivity contribution in [3.8, 4) is 0 Å². The molecule has 30 heavy (non-hydrogen) atoms. The number of rotatable bonds is 3. The summed E-state index contributed by atoms with van der Waals surface area (Å²) >= 11 is 0. The van der Waals surface area contributed by atoms with E-state index in [2.05, 4.69) is 0 Å². The second kappa shape index (κ2) is 6.81. The quantitative estimate of drug-likeness (QED) is 0.705. The molecule has 164 valence electrons. The van der Waals surface area contributed by atoms with Crippen LogP contribution in [0.3, 0.4) is 0 Å². The maximum Gasteiger partial charge on any atom is 0.303 e. The van der Waals surface area contributed by atoms with Gasteiger partial charge in [0.25, 0.3) is 0 Å². The van der Waals surface area contributed by atoms with Gasteiger partial charge in [0, 0.05) is 36.5 Å². The van der Waals surface area contributed by atoms with Gasteiger partial charge in [0.15, 0.2) is 12.4 Å². The molecule has 7 atom stereocenters. The van der Waals surface area contributed by atoms with E-state index in [1.807, 2.05) is 6.92 Å². The van der Waals surface area contributed by atoms with Crippen LogP contribution in [0.2, 0.25) is 0 Å². The summed E-state index contributed by atoms with van der Waals surface area (Å²) in [5, 5.41) is 11.4. The van der Waals surface area contributed by atoms with Crippen molar-refractivity contribution in [3.05, 3.63) is 11.6 Å². The minimum Gasteiger partial charge on any atom is -0.458 e. The monoisotopic (exact) mass is 420 g/mol. The van der Waals surface area contributed by atoms with Crippen LogP contribution in [0.5, 0.6) is 0 Å². The van der Waals surface area contributed by atoms with E-state index >= 15 is 4.39 Å². The molecule has 0 aromatic carbocycles. The highest BCUT2D eigenvalue weighted by molar-refractivity contribution is 5.95. The fourth-order valence-corrected chi connectivity index (χ4v) is 7.14. The van der Waals surface area contributed by atoms with Crippen molar-refractivity contribution in [2.24, 2.45) is 28.6 Å². The number of hydrogen-bond donors (Lipinski definition) is 1. The number of hydrogen-bond acceptors (Lipinski definition) is 6. The molecule has 0 heterocycles. The highest BCUT2D eigenvalue weighted by Gasteiger charge is 2.69. The number of alkyl halides is 1. The Kier molecular flexibility index (Phi) is 4.84. The smallest absolute Gasteiger partial charge is 0.303 e. The second-order valence-corrected chi connectivity index (χ2v) is 10.1. The number of halogens is 1. The molecule has 0 aliphatic heterocycles. The van der Waals surface area contributed by atoms with Gasteiger partial charge >= 0.3 is 5.97 Å². The molecule has 4 aliphatic carbocycles. The molecule has 4 rings (SSSR count). The first kappa shape index (κ1) is 21.3. The Bertz CT molecular complexity index is 864. The maximum atomic E-state index is 15.3. The summed E-state index contributed by atoms with van der Waals surface area (Å²) in [6.45, 7) is 4.29. The lowest BCUT2D eigenvalue weighted by Crippen LogP contribution is -2.62. The van der Waals surface area contributed by atoms with E-state index in [-0.39, 0.29) is 42.7 Å². The molecule has 0 aromatic heterocycles. The number of esters is 1. The van der Waals surface area contributed by atoms with Crippen molar-refractivity contribution in [3.63, 3.8) is 0 Å². The van der Waals surface area contributed by atoms with Gasteiger partial charge in [-0.05, 0) is 49.2 Å². The molecule has 0 amide bonds. The third-order valence-corrected chi connectivity index (χ3v) is 8.65. The molecule has 0 spiro atoms. The molecule has 7 heteroatoms. The number of allylic oxidation sites excluding steroid dienone is 1. The summed E-state index contributed by atoms with van der Waals surface area (Å²) in [5.74, 6) is -2.28. The predicted molar refractivity (Wildman–Crippen MR) is 104 cm³/mol. The van der Waals surface area contributed by atoms with Crippen LogP contribution in [-0.2, 0) is 23.9 Å². The molecule has 0 bridgehead atoms. The average molecular weight is 420 g/mol. The Hall–Kier alpha value is -1.89. The molecule has 5 unspecified atom stereocenters. The van der Waals surface area contributed by atoms with Gasteiger partial charge in [-0.2, -0.15) is 0 Å². The zero-order valence-electron chi connectivity index (χ0n) is 17.7. The normalized spacial score (nSPS) is 45.2. The Morgan fingerprint density at radius 3 is 2.63 bits per heavy atom. The van der Waals surface area contributed by atoms with E-state index in [4.69, 9.17) is 4.74 Å². The summed E-state index contributed by atoms with van der Waals surface area (Å²) < 4.78 is 20.1. The molecule has 0 aromatic rings. The van der Waals surface area contributed by atoms with E-state index in [0.717, 1.165) is 0 Å². The highest BCUT2D eigenvalue weighted by Crippen LogP contribution is 2.66. The predicted octanol–water partition coefficient (Wildman–Crippen LogP) is 2.51. The number of ether oxygens (including phenoxy) is 1. The van der Waals surface area contributed by atoms with Gasteiger partial charge in [-0.1, -0.05) is 13.8 Å². The van der Waals surface area contributed by atoms with Gasteiger partial charge in [0.05, 0.1) is 0 Å². The molecule has 1 N–H and O–H groups in total. The second-order valence-electron chi connectivity index (χ2n) is 10.1. The van der Waals surface area contributed by atoms with E-state index in [1.165, 1.54) is 13.0 Å². The third kappa shape index (κ3) is 2.77. The van der Waals surface area contributed by atoms with Crippen molar-refractivity contribution in [2.45, 2.75) is 71.1 Å². The van der Waals surface area contributed by atoms with Gasteiger partial charge in [0.2, 0.25) is 5.78 Å². The zero-order chi connectivity index (χ0) is 22.1. The molecule has 3 fully saturated rings. The minimum atomic E-state index is -1.78. The lowest BCUT2D eigenvalue weighted by molar-refractivity contribution is -0.174. The number of ketones is 3. The molecular weight excluding hydrogens is 391 g/mol. The number of carbonyl (C=O) groups excluding carboxylic acids is 4. The Balaban J connectivity index is 1.70. The first-order chi connectivity index (χ1) is 13.9. The van der Waals surface area contributed by atoms with Crippen LogP contribution in [0, 0.1) is 28.6 Å². The average Bonchev–Trinajstić information content (AvgIpc) is 2.93. The van der Waals surface area contributed by atoms with Crippen LogP contribution in [0.15, 0.2) is 11.6 Å². The summed E-state index contributed by atoms with van der Waals surface area (Å²) in [4.78, 5) is 49.3. The molecular formula is C23H29FO6. The van der Waals surface area contributed by atoms with Crippen molar-refractivity contribution in [1.82, 2.24) is 0 Å². The Morgan fingerprint density at radius 1 is 1.27 bits per heavy atom. The third-order valence-electron chi connectivity index (χ3n) is 8.65. The van der Waals surface area contributed by atoms with Crippen molar-refractivity contribution >= 4 is 23.3 Å². The molecule has 3 saturated carbocycles. The van der Waals surface area contributed by atoms with E-state index < -0.39 is 46.9 Å². The molecule has 6 nitrogen and oxygen atoms in total. The molecule has 4 aliphatic rings. The van der Waals surface area contributed by atoms with E-state index in [0.29, 0.717) is 24.8 Å². The lowest BCUT2D eigenvalue weighted by atomic mass is 9.45. The van der Waals surface area contributed by atoms with Gasteiger partial charge in [-0.25, -0.2) is 4.39 Å². The first-order valence-corrected chi connectivity index (χ1v) is 10.7. The highest BCUT2D eigenvalue weighted by atomic mass is 19.1. The fraction of sp³-hybridized carbons (Fsp3) is 0.739. The SMILES string of the molecule is CC(=O)OCC(=O)[C@@]1(O)CCC2C3C[C@H](F)C4=CC(=O)CCC4(C)C3C(=O)CC21C.